The highest BCUT2D eigenvalue weighted by molar-refractivity contribution is 7.89. The zero-order valence-electron chi connectivity index (χ0n) is 11.5. The Morgan fingerprint density at radius 2 is 1.74 bits per heavy atom. The molecule has 5 nitrogen and oxygen atoms in total. The van der Waals surface area contributed by atoms with Gasteiger partial charge < -0.3 is 4.74 Å². The topological polar surface area (TPSA) is 72.5 Å². The van der Waals surface area contributed by atoms with Crippen molar-refractivity contribution in [3.05, 3.63) is 29.8 Å². The van der Waals surface area contributed by atoms with E-state index in [9.17, 15) is 13.2 Å². The van der Waals surface area contributed by atoms with Crippen LogP contribution in [0, 0.1) is 12.8 Å². The van der Waals surface area contributed by atoms with Gasteiger partial charge in [-0.05, 0) is 25.0 Å². The quantitative estimate of drug-likeness (QED) is 0.832. The second-order valence-electron chi connectivity index (χ2n) is 4.68. The summed E-state index contributed by atoms with van der Waals surface area (Å²) in [6.45, 7) is 5.37. The first kappa shape index (κ1) is 15.7. The smallest absolute Gasteiger partial charge is 0.324 e. The number of methoxy groups -OCH3 is 1. The maximum atomic E-state index is 12.2. The van der Waals surface area contributed by atoms with Gasteiger partial charge in [0.1, 0.15) is 6.04 Å². The van der Waals surface area contributed by atoms with Crippen LogP contribution >= 0.6 is 0 Å². The molecular formula is C13H19NO4S. The van der Waals surface area contributed by atoms with E-state index >= 15 is 0 Å². The molecule has 1 atom stereocenters. The SMILES string of the molecule is COC(=O)C(NS(=O)(=O)c1ccc(C)cc1)C(C)C. The predicted molar refractivity (Wildman–Crippen MR) is 72.1 cm³/mol. The number of benzene rings is 1. The maximum Gasteiger partial charge on any atom is 0.324 e. The molecule has 1 aromatic carbocycles. The molecule has 0 heterocycles. The van der Waals surface area contributed by atoms with Crippen LogP contribution in [-0.4, -0.2) is 27.5 Å². The minimum atomic E-state index is -3.73. The van der Waals surface area contributed by atoms with E-state index < -0.39 is 22.0 Å². The minimum Gasteiger partial charge on any atom is -0.468 e. The van der Waals surface area contributed by atoms with Crippen LogP contribution in [0.25, 0.3) is 0 Å². The molecule has 0 saturated carbocycles. The zero-order valence-corrected chi connectivity index (χ0v) is 12.3. The number of carbonyl (C=O) groups is 1. The van der Waals surface area contributed by atoms with E-state index in [0.29, 0.717) is 0 Å². The molecule has 0 saturated heterocycles. The van der Waals surface area contributed by atoms with Crippen molar-refractivity contribution in [1.82, 2.24) is 4.72 Å². The van der Waals surface area contributed by atoms with Crippen LogP contribution in [0.1, 0.15) is 19.4 Å². The van der Waals surface area contributed by atoms with E-state index in [0.717, 1.165) is 5.56 Å². The monoisotopic (exact) mass is 285 g/mol. The molecule has 0 bridgehead atoms. The molecule has 106 valence electrons. The fourth-order valence-electron chi connectivity index (χ4n) is 1.54. The largest absolute Gasteiger partial charge is 0.468 e. The maximum absolute atomic E-state index is 12.2. The average Bonchev–Trinajstić information content (AvgIpc) is 2.35. The number of hydrogen-bond acceptors (Lipinski definition) is 4. The van der Waals surface area contributed by atoms with Crippen molar-refractivity contribution in [3.63, 3.8) is 0 Å². The van der Waals surface area contributed by atoms with E-state index in [4.69, 9.17) is 0 Å². The van der Waals surface area contributed by atoms with Gasteiger partial charge in [0.05, 0.1) is 12.0 Å². The molecule has 19 heavy (non-hydrogen) atoms. The van der Waals surface area contributed by atoms with Crippen LogP contribution in [0.2, 0.25) is 0 Å². The number of rotatable bonds is 5. The fraction of sp³-hybridized carbons (Fsp3) is 0.462. The van der Waals surface area contributed by atoms with Crippen molar-refractivity contribution >= 4 is 16.0 Å². The normalized spacial score (nSPS) is 13.3. The van der Waals surface area contributed by atoms with Gasteiger partial charge >= 0.3 is 5.97 Å². The molecule has 0 aliphatic rings. The van der Waals surface area contributed by atoms with Crippen LogP contribution in [0.4, 0.5) is 0 Å². The molecule has 0 radical (unpaired) electrons. The lowest BCUT2D eigenvalue weighted by Crippen LogP contribution is -2.44. The summed E-state index contributed by atoms with van der Waals surface area (Å²) in [5.74, 6) is -0.793. The molecule has 1 aromatic rings. The van der Waals surface area contributed by atoms with Crippen molar-refractivity contribution in [2.45, 2.75) is 31.7 Å². The number of nitrogens with one attached hydrogen (secondary N) is 1. The van der Waals surface area contributed by atoms with Gasteiger partial charge in [-0.1, -0.05) is 31.5 Å². The van der Waals surface area contributed by atoms with Crippen molar-refractivity contribution in [1.29, 1.82) is 0 Å². The molecule has 0 aromatic heterocycles. The number of carbonyl (C=O) groups excluding carboxylic acids is 1. The Balaban J connectivity index is 3.00. The van der Waals surface area contributed by atoms with Crippen molar-refractivity contribution < 1.29 is 17.9 Å². The molecule has 0 spiro atoms. The van der Waals surface area contributed by atoms with Crippen molar-refractivity contribution in [2.24, 2.45) is 5.92 Å². The first-order valence-corrected chi connectivity index (χ1v) is 7.43. The van der Waals surface area contributed by atoms with E-state index in [2.05, 4.69) is 9.46 Å². The second-order valence-corrected chi connectivity index (χ2v) is 6.39. The van der Waals surface area contributed by atoms with E-state index in [-0.39, 0.29) is 10.8 Å². The lowest BCUT2D eigenvalue weighted by atomic mass is 10.1. The highest BCUT2D eigenvalue weighted by Crippen LogP contribution is 2.13. The lowest BCUT2D eigenvalue weighted by Gasteiger charge is -2.19. The van der Waals surface area contributed by atoms with Gasteiger partial charge in [-0.15, -0.1) is 0 Å². The third-order valence-corrected chi connectivity index (χ3v) is 4.19. The molecule has 6 heteroatoms. The Hall–Kier alpha value is -1.40. The third-order valence-electron chi connectivity index (χ3n) is 2.74. The standard InChI is InChI=1S/C13H19NO4S/c1-9(2)12(13(15)18-4)14-19(16,17)11-7-5-10(3)6-8-11/h5-9,12,14H,1-4H3. The highest BCUT2D eigenvalue weighted by Gasteiger charge is 2.28. The highest BCUT2D eigenvalue weighted by atomic mass is 32.2. The molecule has 1 rings (SSSR count). The van der Waals surface area contributed by atoms with Crippen LogP contribution in [0.3, 0.4) is 0 Å². The van der Waals surface area contributed by atoms with Crippen LogP contribution in [0.5, 0.6) is 0 Å². The fourth-order valence-corrected chi connectivity index (χ4v) is 2.87. The summed E-state index contributed by atoms with van der Waals surface area (Å²) in [5.41, 5.74) is 0.965. The Morgan fingerprint density at radius 3 is 2.16 bits per heavy atom. The Bertz CT molecular complexity index is 534. The molecule has 0 aliphatic carbocycles. The van der Waals surface area contributed by atoms with Crippen molar-refractivity contribution in [2.75, 3.05) is 7.11 Å². The van der Waals surface area contributed by atoms with Gasteiger partial charge in [0.2, 0.25) is 10.0 Å². The number of hydrogen-bond donors (Lipinski definition) is 1. The van der Waals surface area contributed by atoms with Gasteiger partial charge in [-0.25, -0.2) is 8.42 Å². The van der Waals surface area contributed by atoms with Crippen LogP contribution in [0.15, 0.2) is 29.2 Å². The molecule has 1 unspecified atom stereocenters. The Kier molecular flexibility index (Phi) is 5.08. The van der Waals surface area contributed by atoms with Gasteiger partial charge in [0, 0.05) is 0 Å². The summed E-state index contributed by atoms with van der Waals surface area (Å²) < 4.78 is 31.3. The van der Waals surface area contributed by atoms with Crippen LogP contribution < -0.4 is 4.72 Å². The van der Waals surface area contributed by atoms with Gasteiger partial charge in [-0.2, -0.15) is 4.72 Å². The third kappa shape index (κ3) is 4.04. The molecule has 0 fully saturated rings. The first-order chi connectivity index (χ1) is 8.77. The summed E-state index contributed by atoms with van der Waals surface area (Å²) in [6, 6.07) is 5.53. The van der Waals surface area contributed by atoms with Gasteiger partial charge in [-0.3, -0.25) is 4.79 Å². The molecule has 0 aliphatic heterocycles. The zero-order chi connectivity index (χ0) is 14.6. The Labute approximate surface area is 114 Å². The second kappa shape index (κ2) is 6.16. The number of esters is 1. The summed E-state index contributed by atoms with van der Waals surface area (Å²) in [4.78, 5) is 11.7. The van der Waals surface area contributed by atoms with E-state index in [1.54, 1.807) is 26.0 Å². The molecule has 0 amide bonds. The summed E-state index contributed by atoms with van der Waals surface area (Å²) in [5, 5.41) is 0. The number of sulfonamides is 1. The molecular weight excluding hydrogens is 266 g/mol. The number of ether oxygens (including phenoxy) is 1. The van der Waals surface area contributed by atoms with Crippen molar-refractivity contribution in [3.8, 4) is 0 Å². The van der Waals surface area contributed by atoms with E-state index in [1.807, 2.05) is 6.92 Å². The van der Waals surface area contributed by atoms with Gasteiger partial charge in [0.15, 0.2) is 0 Å². The first-order valence-electron chi connectivity index (χ1n) is 5.94. The Morgan fingerprint density at radius 1 is 1.21 bits per heavy atom. The van der Waals surface area contributed by atoms with Gasteiger partial charge in [0.25, 0.3) is 0 Å². The summed E-state index contributed by atoms with van der Waals surface area (Å²) in [6.07, 6.45) is 0. The minimum absolute atomic E-state index is 0.132. The predicted octanol–water partition coefficient (Wildman–Crippen LogP) is 1.47. The average molecular weight is 285 g/mol. The van der Waals surface area contributed by atoms with E-state index in [1.165, 1.54) is 19.2 Å². The number of aryl methyl sites for hydroxylation is 1. The molecule has 1 N–H and O–H groups in total. The summed E-state index contributed by atoms with van der Waals surface area (Å²) >= 11 is 0. The summed E-state index contributed by atoms with van der Waals surface area (Å²) in [7, 11) is -2.49. The lowest BCUT2D eigenvalue weighted by molar-refractivity contribution is -0.143. The van der Waals surface area contributed by atoms with Crippen LogP contribution in [-0.2, 0) is 19.6 Å².